The van der Waals surface area contributed by atoms with Crippen molar-refractivity contribution in [2.24, 2.45) is 0 Å². The van der Waals surface area contributed by atoms with Crippen LogP contribution in [-0.2, 0) is 9.53 Å². The SMILES string of the molecule is CCCC[C@H](F)C(=O)OC1CCC(c2ccc(-c3ccc(OCCC)cc3)cc2)CC1. The molecule has 4 heteroatoms. The Balaban J connectivity index is 1.49. The molecule has 1 aliphatic carbocycles. The Morgan fingerprint density at radius 1 is 0.935 bits per heavy atom. The van der Waals surface area contributed by atoms with E-state index in [4.69, 9.17) is 9.47 Å². The Labute approximate surface area is 186 Å². The van der Waals surface area contributed by atoms with E-state index >= 15 is 0 Å². The van der Waals surface area contributed by atoms with Gasteiger partial charge in [-0.25, -0.2) is 9.18 Å². The van der Waals surface area contributed by atoms with Crippen molar-refractivity contribution in [3.05, 3.63) is 54.1 Å². The molecular formula is C27H35FO3. The molecule has 3 rings (SSSR count). The smallest absolute Gasteiger partial charge is 0.340 e. The van der Waals surface area contributed by atoms with Crippen molar-refractivity contribution in [1.82, 2.24) is 0 Å². The number of carbonyl (C=O) groups is 1. The van der Waals surface area contributed by atoms with Gasteiger partial charge in [0.1, 0.15) is 11.9 Å². The number of esters is 1. The number of carbonyl (C=O) groups excluding carboxylic acids is 1. The minimum Gasteiger partial charge on any atom is -0.494 e. The highest BCUT2D eigenvalue weighted by atomic mass is 19.1. The number of alkyl halides is 1. The van der Waals surface area contributed by atoms with E-state index in [2.05, 4.69) is 43.3 Å². The summed E-state index contributed by atoms with van der Waals surface area (Å²) in [6.45, 7) is 4.83. The van der Waals surface area contributed by atoms with E-state index in [0.717, 1.165) is 57.3 Å². The van der Waals surface area contributed by atoms with Crippen LogP contribution in [0, 0.1) is 0 Å². The van der Waals surface area contributed by atoms with Gasteiger partial charge in [-0.3, -0.25) is 0 Å². The monoisotopic (exact) mass is 426 g/mol. The van der Waals surface area contributed by atoms with Crippen molar-refractivity contribution in [1.29, 1.82) is 0 Å². The lowest BCUT2D eigenvalue weighted by Gasteiger charge is -2.29. The third kappa shape index (κ3) is 6.81. The molecular weight excluding hydrogens is 391 g/mol. The summed E-state index contributed by atoms with van der Waals surface area (Å²) in [6.07, 6.45) is 4.80. The van der Waals surface area contributed by atoms with Crippen molar-refractivity contribution in [2.45, 2.75) is 83.4 Å². The number of rotatable bonds is 10. The molecule has 0 radical (unpaired) electrons. The quantitative estimate of drug-likeness (QED) is 0.376. The van der Waals surface area contributed by atoms with Crippen molar-refractivity contribution in [3.8, 4) is 16.9 Å². The molecule has 0 aliphatic heterocycles. The van der Waals surface area contributed by atoms with E-state index in [1.165, 1.54) is 16.7 Å². The zero-order chi connectivity index (χ0) is 22.1. The molecule has 168 valence electrons. The van der Waals surface area contributed by atoms with Gasteiger partial charge >= 0.3 is 5.97 Å². The molecule has 0 heterocycles. The van der Waals surface area contributed by atoms with E-state index in [1.807, 2.05) is 19.1 Å². The normalized spacial score (nSPS) is 19.6. The Bertz CT molecular complexity index is 792. The summed E-state index contributed by atoms with van der Waals surface area (Å²) in [5.41, 5.74) is 3.69. The van der Waals surface area contributed by atoms with Gasteiger partial charge in [0, 0.05) is 0 Å². The summed E-state index contributed by atoms with van der Waals surface area (Å²) in [7, 11) is 0. The summed E-state index contributed by atoms with van der Waals surface area (Å²) in [6, 6.07) is 17.0. The van der Waals surface area contributed by atoms with E-state index in [9.17, 15) is 9.18 Å². The van der Waals surface area contributed by atoms with Gasteiger partial charge in [0.2, 0.25) is 0 Å². The molecule has 0 N–H and O–H groups in total. The molecule has 31 heavy (non-hydrogen) atoms. The first-order chi connectivity index (χ1) is 15.1. The molecule has 2 aromatic rings. The van der Waals surface area contributed by atoms with Gasteiger partial charge in [-0.2, -0.15) is 0 Å². The summed E-state index contributed by atoms with van der Waals surface area (Å²) in [5, 5.41) is 0. The average molecular weight is 427 g/mol. The van der Waals surface area contributed by atoms with Gasteiger partial charge < -0.3 is 9.47 Å². The van der Waals surface area contributed by atoms with E-state index in [0.29, 0.717) is 5.92 Å². The number of hydrogen-bond acceptors (Lipinski definition) is 3. The number of ether oxygens (including phenoxy) is 2. The summed E-state index contributed by atoms with van der Waals surface area (Å²) >= 11 is 0. The Hall–Kier alpha value is -2.36. The predicted octanol–water partition coefficient (Wildman–Crippen LogP) is 7.24. The first-order valence-corrected chi connectivity index (χ1v) is 11.8. The summed E-state index contributed by atoms with van der Waals surface area (Å²) in [5.74, 6) is 0.701. The summed E-state index contributed by atoms with van der Waals surface area (Å²) < 4.78 is 24.9. The fraction of sp³-hybridized carbons (Fsp3) is 0.519. The number of hydrogen-bond donors (Lipinski definition) is 0. The van der Waals surface area contributed by atoms with Crippen LogP contribution < -0.4 is 4.74 Å². The Morgan fingerprint density at radius 3 is 2.13 bits per heavy atom. The molecule has 1 aliphatic rings. The Morgan fingerprint density at radius 2 is 1.55 bits per heavy atom. The lowest BCUT2D eigenvalue weighted by molar-refractivity contribution is -0.157. The molecule has 2 aromatic carbocycles. The molecule has 1 fully saturated rings. The van der Waals surface area contributed by atoms with Gasteiger partial charge in [0.15, 0.2) is 6.17 Å². The average Bonchev–Trinajstić information content (AvgIpc) is 2.82. The minimum absolute atomic E-state index is 0.142. The molecule has 0 bridgehead atoms. The second-order valence-corrected chi connectivity index (χ2v) is 8.52. The maximum Gasteiger partial charge on any atom is 0.340 e. The number of halogens is 1. The van der Waals surface area contributed by atoms with Crippen LogP contribution in [0.3, 0.4) is 0 Å². The highest BCUT2D eigenvalue weighted by Crippen LogP contribution is 2.35. The topological polar surface area (TPSA) is 35.5 Å². The molecule has 0 amide bonds. The fourth-order valence-electron chi connectivity index (χ4n) is 4.16. The third-order valence-electron chi connectivity index (χ3n) is 6.07. The maximum absolute atomic E-state index is 13.9. The molecule has 0 saturated heterocycles. The zero-order valence-electron chi connectivity index (χ0n) is 18.8. The van der Waals surface area contributed by atoms with Gasteiger partial charge in [0.05, 0.1) is 6.61 Å². The highest BCUT2D eigenvalue weighted by Gasteiger charge is 2.27. The molecule has 1 atom stereocenters. The predicted molar refractivity (Wildman–Crippen MR) is 123 cm³/mol. The van der Waals surface area contributed by atoms with Gasteiger partial charge in [-0.1, -0.05) is 63.1 Å². The van der Waals surface area contributed by atoms with E-state index in [-0.39, 0.29) is 12.5 Å². The molecule has 0 aromatic heterocycles. The van der Waals surface area contributed by atoms with Crippen LogP contribution in [0.1, 0.15) is 76.7 Å². The van der Waals surface area contributed by atoms with Crippen LogP contribution in [0.4, 0.5) is 4.39 Å². The van der Waals surface area contributed by atoms with Gasteiger partial charge in [-0.05, 0) is 73.3 Å². The van der Waals surface area contributed by atoms with Crippen LogP contribution >= 0.6 is 0 Å². The van der Waals surface area contributed by atoms with Crippen LogP contribution in [0.5, 0.6) is 5.75 Å². The van der Waals surface area contributed by atoms with Crippen LogP contribution in [0.25, 0.3) is 11.1 Å². The van der Waals surface area contributed by atoms with Gasteiger partial charge in [0.25, 0.3) is 0 Å². The van der Waals surface area contributed by atoms with Crippen LogP contribution in [0.2, 0.25) is 0 Å². The largest absolute Gasteiger partial charge is 0.494 e. The van der Waals surface area contributed by atoms with Crippen molar-refractivity contribution in [2.75, 3.05) is 6.61 Å². The lowest BCUT2D eigenvalue weighted by Crippen LogP contribution is -2.28. The standard InChI is InChI=1S/C27H35FO3/c1-3-5-6-26(28)27(29)31-25-17-13-23(14-18-25)21-9-7-20(8-10-21)22-11-15-24(16-12-22)30-19-4-2/h7-12,15-16,23,25-26H,3-6,13-14,17-19H2,1-2H3/t23?,25?,26-/m0/s1. The number of unbranched alkanes of at least 4 members (excludes halogenated alkanes) is 1. The molecule has 1 saturated carbocycles. The molecule has 3 nitrogen and oxygen atoms in total. The maximum atomic E-state index is 13.9. The minimum atomic E-state index is -1.47. The number of benzene rings is 2. The summed E-state index contributed by atoms with van der Waals surface area (Å²) in [4.78, 5) is 11.9. The van der Waals surface area contributed by atoms with Gasteiger partial charge in [-0.15, -0.1) is 0 Å². The Kier molecular flexibility index (Phi) is 8.93. The van der Waals surface area contributed by atoms with Crippen molar-refractivity contribution < 1.29 is 18.7 Å². The fourth-order valence-corrected chi connectivity index (χ4v) is 4.16. The first kappa shape index (κ1) is 23.3. The lowest BCUT2D eigenvalue weighted by atomic mass is 9.82. The second kappa shape index (κ2) is 11.9. The molecule has 0 unspecified atom stereocenters. The zero-order valence-corrected chi connectivity index (χ0v) is 18.8. The molecule has 0 spiro atoms. The van der Waals surface area contributed by atoms with E-state index < -0.39 is 12.1 Å². The van der Waals surface area contributed by atoms with Crippen molar-refractivity contribution >= 4 is 5.97 Å². The first-order valence-electron chi connectivity index (χ1n) is 11.8. The van der Waals surface area contributed by atoms with Crippen molar-refractivity contribution in [3.63, 3.8) is 0 Å². The third-order valence-corrected chi connectivity index (χ3v) is 6.07. The van der Waals surface area contributed by atoms with E-state index in [1.54, 1.807) is 0 Å². The second-order valence-electron chi connectivity index (χ2n) is 8.52. The van der Waals surface area contributed by atoms with Crippen LogP contribution in [-0.4, -0.2) is 24.9 Å². The van der Waals surface area contributed by atoms with Crippen LogP contribution in [0.15, 0.2) is 48.5 Å². The highest BCUT2D eigenvalue weighted by molar-refractivity contribution is 5.74.